The highest BCUT2D eigenvalue weighted by atomic mass is 79.9. The summed E-state index contributed by atoms with van der Waals surface area (Å²) in [7, 11) is 0. The van der Waals surface area contributed by atoms with Crippen LogP contribution >= 0.6 is 27.5 Å². The third kappa shape index (κ3) is 2.58. The normalized spacial score (nSPS) is 28.1. The van der Waals surface area contributed by atoms with Crippen molar-refractivity contribution in [3.05, 3.63) is 63.6 Å². The van der Waals surface area contributed by atoms with Crippen LogP contribution in [0.15, 0.2) is 53.0 Å². The molecule has 2 aromatic rings. The lowest BCUT2D eigenvalue weighted by molar-refractivity contribution is -0.126. The van der Waals surface area contributed by atoms with Gasteiger partial charge in [0.25, 0.3) is 5.91 Å². The molecule has 0 spiro atoms. The number of carbonyl (C=O) groups excluding carboxylic acids is 2. The fraction of sp³-hybridized carbons (Fsp3) is 0.300. The summed E-state index contributed by atoms with van der Waals surface area (Å²) in [6, 6.07) is 14.4. The Morgan fingerprint density at radius 1 is 0.926 bits per heavy atom. The van der Waals surface area contributed by atoms with E-state index >= 15 is 0 Å². The first-order chi connectivity index (χ1) is 13.1. The van der Waals surface area contributed by atoms with Gasteiger partial charge in [-0.05, 0) is 42.3 Å². The Morgan fingerprint density at radius 3 is 2.33 bits per heavy atom. The Hall–Kier alpha value is -1.73. The quantitative estimate of drug-likeness (QED) is 0.661. The van der Waals surface area contributed by atoms with Crippen LogP contribution in [0.25, 0.3) is 0 Å². The summed E-state index contributed by atoms with van der Waals surface area (Å²) < 4.78 is 0.994. The molecule has 2 amide bonds. The van der Waals surface area contributed by atoms with Gasteiger partial charge in [0.05, 0.1) is 17.6 Å². The Kier molecular flexibility index (Phi) is 4.13. The Bertz CT molecular complexity index is 935. The van der Waals surface area contributed by atoms with Gasteiger partial charge >= 0.3 is 0 Å². The number of fused-ring (bicyclic) bond motifs is 3. The van der Waals surface area contributed by atoms with Crippen molar-refractivity contribution in [3.8, 4) is 0 Å². The third-order valence-electron chi connectivity index (χ3n) is 5.68. The average Bonchev–Trinajstić information content (AvgIpc) is 3.28. The van der Waals surface area contributed by atoms with Crippen LogP contribution < -0.4 is 4.90 Å². The molecular formula is C20H17BrClN3O2. The van der Waals surface area contributed by atoms with Gasteiger partial charge in [-0.25, -0.2) is 14.9 Å². The van der Waals surface area contributed by atoms with E-state index in [9.17, 15) is 9.59 Å². The number of nitrogens with zero attached hydrogens (tertiary/aromatic N) is 3. The molecule has 3 saturated heterocycles. The summed E-state index contributed by atoms with van der Waals surface area (Å²) >= 11 is 9.56. The van der Waals surface area contributed by atoms with Gasteiger partial charge < -0.3 is 0 Å². The van der Waals surface area contributed by atoms with Crippen molar-refractivity contribution in [3.63, 3.8) is 0 Å². The average molecular weight is 447 g/mol. The first-order valence-electron chi connectivity index (χ1n) is 8.98. The molecule has 5 rings (SSSR count). The van der Waals surface area contributed by atoms with E-state index in [1.54, 1.807) is 24.3 Å². The van der Waals surface area contributed by atoms with Gasteiger partial charge in [0.1, 0.15) is 6.04 Å². The summed E-state index contributed by atoms with van der Waals surface area (Å²) in [5.41, 5.74) is 1.61. The first-order valence-corrected chi connectivity index (χ1v) is 10.2. The summed E-state index contributed by atoms with van der Waals surface area (Å²) in [6.07, 6.45) is 0.995. The van der Waals surface area contributed by atoms with Gasteiger partial charge in [0, 0.05) is 22.6 Å². The molecule has 3 aliphatic rings. The molecule has 3 aliphatic heterocycles. The smallest absolute Gasteiger partial charge is 0.253 e. The maximum absolute atomic E-state index is 13.4. The van der Waals surface area contributed by atoms with E-state index < -0.39 is 12.0 Å². The van der Waals surface area contributed by atoms with Crippen LogP contribution in [0.5, 0.6) is 0 Å². The minimum absolute atomic E-state index is 0.119. The second-order valence-corrected chi connectivity index (χ2v) is 8.49. The highest BCUT2D eigenvalue weighted by Gasteiger charge is 2.62. The van der Waals surface area contributed by atoms with Crippen LogP contribution in [0.4, 0.5) is 5.69 Å². The number of rotatable bonds is 2. The summed E-state index contributed by atoms with van der Waals surface area (Å²) in [6.45, 7) is 1.67. The van der Waals surface area contributed by atoms with Crippen molar-refractivity contribution in [2.75, 3.05) is 18.0 Å². The van der Waals surface area contributed by atoms with Crippen molar-refractivity contribution in [2.24, 2.45) is 5.92 Å². The molecule has 5 nitrogen and oxygen atoms in total. The number of anilines is 1. The number of hydrogen-bond acceptors (Lipinski definition) is 4. The van der Waals surface area contributed by atoms with Crippen molar-refractivity contribution in [2.45, 2.75) is 18.5 Å². The molecule has 0 saturated carbocycles. The molecule has 0 aromatic heterocycles. The van der Waals surface area contributed by atoms with E-state index in [0.29, 0.717) is 10.7 Å². The zero-order chi connectivity index (χ0) is 18.7. The van der Waals surface area contributed by atoms with E-state index in [1.165, 1.54) is 4.90 Å². The molecule has 2 aromatic carbocycles. The van der Waals surface area contributed by atoms with Gasteiger partial charge in [-0.15, -0.1) is 0 Å². The zero-order valence-electron chi connectivity index (χ0n) is 14.4. The van der Waals surface area contributed by atoms with E-state index in [-0.39, 0.29) is 17.9 Å². The van der Waals surface area contributed by atoms with Crippen LogP contribution in [0.3, 0.4) is 0 Å². The lowest BCUT2D eigenvalue weighted by atomic mass is 9.90. The van der Waals surface area contributed by atoms with E-state index in [0.717, 1.165) is 29.5 Å². The Morgan fingerprint density at radius 2 is 1.63 bits per heavy atom. The van der Waals surface area contributed by atoms with Gasteiger partial charge in [-0.2, -0.15) is 0 Å². The number of hydrogen-bond donors (Lipinski definition) is 0. The van der Waals surface area contributed by atoms with Gasteiger partial charge in [0.15, 0.2) is 0 Å². The fourth-order valence-corrected chi connectivity index (χ4v) is 5.09. The predicted octanol–water partition coefficient (Wildman–Crippen LogP) is 3.64. The Balaban J connectivity index is 1.59. The maximum atomic E-state index is 13.4. The molecule has 0 unspecified atom stereocenters. The topological polar surface area (TPSA) is 43.9 Å². The van der Waals surface area contributed by atoms with Gasteiger partial charge in [-0.1, -0.05) is 45.7 Å². The third-order valence-corrected chi connectivity index (χ3v) is 6.45. The van der Waals surface area contributed by atoms with Crippen LogP contribution in [-0.2, 0) is 9.59 Å². The zero-order valence-corrected chi connectivity index (χ0v) is 16.7. The van der Waals surface area contributed by atoms with Crippen molar-refractivity contribution in [1.82, 2.24) is 10.0 Å². The molecule has 3 atom stereocenters. The number of hydrazine groups is 1. The predicted molar refractivity (Wildman–Crippen MR) is 106 cm³/mol. The highest BCUT2D eigenvalue weighted by Crippen LogP contribution is 2.49. The van der Waals surface area contributed by atoms with Gasteiger partial charge in [-0.3, -0.25) is 9.59 Å². The number of imide groups is 1. The second kappa shape index (κ2) is 6.41. The summed E-state index contributed by atoms with van der Waals surface area (Å²) in [5, 5.41) is 4.82. The molecule has 27 heavy (non-hydrogen) atoms. The molecule has 0 aliphatic carbocycles. The second-order valence-electron chi connectivity index (χ2n) is 7.14. The minimum Gasteiger partial charge on any atom is -0.274 e. The lowest BCUT2D eigenvalue weighted by Crippen LogP contribution is -2.44. The van der Waals surface area contributed by atoms with Crippen molar-refractivity contribution < 1.29 is 9.59 Å². The largest absolute Gasteiger partial charge is 0.274 e. The van der Waals surface area contributed by atoms with E-state index in [2.05, 4.69) is 25.9 Å². The standard InChI is InChI=1S/C20H17BrClN3O2/c21-13-7-5-12(6-8-13)17-16-18(24-10-2-9-23(17)24)20(27)25(19(16)26)15-4-1-3-14(22)11-15/h1,3-8,11,16-18H,2,9-10H2/t16-,17-,18+/m1/s1. The number of halogens is 2. The van der Waals surface area contributed by atoms with Crippen LogP contribution in [-0.4, -0.2) is 41.0 Å². The molecule has 0 bridgehead atoms. The molecule has 0 radical (unpaired) electrons. The molecule has 7 heteroatoms. The molecule has 3 heterocycles. The molecular weight excluding hydrogens is 430 g/mol. The number of carbonyl (C=O) groups is 2. The maximum Gasteiger partial charge on any atom is 0.253 e. The van der Waals surface area contributed by atoms with E-state index in [4.69, 9.17) is 11.6 Å². The lowest BCUT2D eigenvalue weighted by Gasteiger charge is -2.29. The van der Waals surface area contributed by atoms with Gasteiger partial charge in [0.2, 0.25) is 5.91 Å². The molecule has 3 fully saturated rings. The molecule has 0 N–H and O–H groups in total. The first kappa shape index (κ1) is 17.4. The number of benzene rings is 2. The monoisotopic (exact) mass is 445 g/mol. The van der Waals surface area contributed by atoms with E-state index in [1.807, 2.05) is 24.3 Å². The highest BCUT2D eigenvalue weighted by molar-refractivity contribution is 9.10. The van der Waals surface area contributed by atoms with Crippen molar-refractivity contribution in [1.29, 1.82) is 0 Å². The van der Waals surface area contributed by atoms with Crippen LogP contribution in [0, 0.1) is 5.92 Å². The van der Waals surface area contributed by atoms with Crippen LogP contribution in [0.1, 0.15) is 18.0 Å². The fourth-order valence-electron chi connectivity index (χ4n) is 4.64. The minimum atomic E-state index is -0.437. The van der Waals surface area contributed by atoms with Crippen LogP contribution in [0.2, 0.25) is 5.02 Å². The van der Waals surface area contributed by atoms with Crippen molar-refractivity contribution >= 4 is 45.0 Å². The molecule has 138 valence electrons. The summed E-state index contributed by atoms with van der Waals surface area (Å²) in [5.74, 6) is -0.702. The SMILES string of the molecule is O=C1[C@H]2[C@@H](C(=O)N1c1cccc(Cl)c1)N1CCCN1[C@@H]2c1ccc(Br)cc1. The Labute approximate surface area is 170 Å². The number of amides is 2. The summed E-state index contributed by atoms with van der Waals surface area (Å²) in [4.78, 5) is 28.0.